The lowest BCUT2D eigenvalue weighted by Gasteiger charge is -2.33. The Morgan fingerprint density at radius 1 is 0.125 bits per heavy atom. The van der Waals surface area contributed by atoms with Gasteiger partial charge in [0.1, 0.15) is 0 Å². The maximum Gasteiger partial charge on any atom is 0.0726 e. The lowest BCUT2D eigenvalue weighted by molar-refractivity contribution is 0.659. The molecule has 0 heterocycles. The Kier molecular flexibility index (Phi) is 19.2. The van der Waals surface area contributed by atoms with Crippen molar-refractivity contribution in [2.75, 3.05) is 19.6 Å². The molecule has 0 saturated heterocycles. The summed E-state index contributed by atoms with van der Waals surface area (Å²) in [7, 11) is 0. The molecule has 4 heteroatoms. The SMILES string of the molecule is CC1(C)c2ccccc2-c2c1ccc1c2-c2ccccc2C12c1ccccc1-c1ccc(N(c3ccccc3)c3cc(-c4ccccc4)cc(N(c4ccccc4)c4ccc(-c5ccc(-c6ccc(-c7cc(N(c8ccccc8)c8ccc9c(c8)C8(c%10ccccc%10-9)c9ccccc9-c9c8ccc8c9-c9ccccc9C8(C)C)cc(N(c8ccccc8)c8ccccc8-c8ccccc8)c7)cc6)cc5)cc4)c3)cc12. The van der Waals surface area contributed by atoms with Gasteiger partial charge in [-0.05, 0) is 311 Å². The molecular formula is C140H98N4. The summed E-state index contributed by atoms with van der Waals surface area (Å²) in [5.74, 6) is 0. The predicted octanol–water partition coefficient (Wildman–Crippen LogP) is 37.2. The van der Waals surface area contributed by atoms with E-state index < -0.39 is 10.8 Å². The van der Waals surface area contributed by atoms with E-state index in [9.17, 15) is 0 Å². The fourth-order valence-corrected chi connectivity index (χ4v) is 25.9. The first kappa shape index (κ1) is 84.1. The molecule has 0 aromatic heterocycles. The molecule has 4 nitrogen and oxygen atoms in total. The van der Waals surface area contributed by atoms with Crippen LogP contribution in [-0.4, -0.2) is 0 Å². The highest BCUT2D eigenvalue weighted by Crippen LogP contribution is 2.70. The summed E-state index contributed by atoms with van der Waals surface area (Å²) in [5, 5.41) is 0. The van der Waals surface area contributed by atoms with Gasteiger partial charge in [-0.15, -0.1) is 0 Å². The quantitative estimate of drug-likeness (QED) is 0.0901. The van der Waals surface area contributed by atoms with Gasteiger partial charge in [0.05, 0.1) is 16.5 Å². The number of fused-ring (bicyclic) bond motifs is 28. The van der Waals surface area contributed by atoms with E-state index in [1.165, 1.54) is 134 Å². The van der Waals surface area contributed by atoms with E-state index in [4.69, 9.17) is 0 Å². The van der Waals surface area contributed by atoms with Gasteiger partial charge in [-0.1, -0.05) is 422 Å². The van der Waals surface area contributed by atoms with Crippen molar-refractivity contribution < 1.29 is 0 Å². The zero-order chi connectivity index (χ0) is 95.7. The Balaban J connectivity index is 0.542. The van der Waals surface area contributed by atoms with Crippen LogP contribution in [0.3, 0.4) is 0 Å². The first-order chi connectivity index (χ1) is 70.9. The zero-order valence-corrected chi connectivity index (χ0v) is 80.4. The van der Waals surface area contributed by atoms with Gasteiger partial charge in [-0.3, -0.25) is 0 Å². The van der Waals surface area contributed by atoms with Crippen molar-refractivity contribution in [3.8, 4) is 122 Å². The molecular weight excluding hydrogens is 1740 g/mol. The van der Waals surface area contributed by atoms with Gasteiger partial charge in [-0.25, -0.2) is 0 Å². The van der Waals surface area contributed by atoms with E-state index in [1.807, 2.05) is 0 Å². The number of hydrogen-bond acceptors (Lipinski definition) is 4. The van der Waals surface area contributed by atoms with E-state index in [1.54, 1.807) is 0 Å². The molecule has 0 saturated carbocycles. The second-order valence-electron chi connectivity index (χ2n) is 40.4. The average Bonchev–Trinajstić information content (AvgIpc) is 1.50. The van der Waals surface area contributed by atoms with Crippen LogP contribution in [-0.2, 0) is 21.7 Å². The molecule has 0 amide bonds. The highest BCUT2D eigenvalue weighted by atomic mass is 15.2. The van der Waals surface area contributed by atoms with Crippen molar-refractivity contribution in [3.05, 3.63) is 588 Å². The second-order valence-corrected chi connectivity index (χ2v) is 40.4. The number of hydrogen-bond donors (Lipinski definition) is 0. The van der Waals surface area contributed by atoms with E-state index in [2.05, 4.69) is 569 Å². The van der Waals surface area contributed by atoms with Gasteiger partial charge in [0.2, 0.25) is 0 Å². The minimum absolute atomic E-state index is 0.157. The maximum atomic E-state index is 2.54. The number of para-hydroxylation sites is 5. The molecule has 22 aromatic rings. The van der Waals surface area contributed by atoms with Crippen LogP contribution in [0.5, 0.6) is 0 Å². The molecule has 144 heavy (non-hydrogen) atoms. The van der Waals surface area contributed by atoms with Crippen LogP contribution in [0.15, 0.2) is 522 Å². The summed E-state index contributed by atoms with van der Waals surface area (Å²) in [5.41, 5.74) is 54.0. The number of nitrogens with zero attached hydrogens (tertiary/aromatic N) is 4. The summed E-state index contributed by atoms with van der Waals surface area (Å²) in [6, 6.07) is 196. The first-order valence-electron chi connectivity index (χ1n) is 50.4. The van der Waals surface area contributed by atoms with Crippen LogP contribution < -0.4 is 19.6 Å². The van der Waals surface area contributed by atoms with Crippen molar-refractivity contribution in [2.24, 2.45) is 0 Å². The Labute approximate surface area is 842 Å². The standard InChI is InChI=1S/C140H98N4/c1-137(2)120-56-30-25-52-116(120)133-126(137)79-81-128-135(133)118-54-27-34-60-124(118)139(128)122-58-32-23-50-112(122)114-77-75-105(89-130(114)139)142(101-43-17-8-18-44-101)108-84-98(91-37-11-5-12-38-91)83-107(87-108)141(100-41-15-7-16-42-100)104-73-71-95(72-74-104)94-65-63-92(64-66-94)93-67-69-96(70-68-93)99-85-109(88-110(86-99)144(103-47-21-10-22-48-103)132-62-36-29-49-111(132)97-39-13-6-14-40-97)143(102-45-19-9-20-46-102)106-76-78-115-113-51-24-33-59-123(113)140(131(115)90-106)125-61-35-28-55-119(125)136-129(140)82-80-127-134(136)117-53-26-31-57-121(117)138(127,3)4/h5-90H,1-4H3. The highest BCUT2D eigenvalue weighted by molar-refractivity contribution is 6.07. The zero-order valence-electron chi connectivity index (χ0n) is 80.4. The van der Waals surface area contributed by atoms with Gasteiger partial charge >= 0.3 is 0 Å². The van der Waals surface area contributed by atoms with Crippen LogP contribution in [0.4, 0.5) is 68.2 Å². The van der Waals surface area contributed by atoms with Crippen molar-refractivity contribution in [2.45, 2.75) is 49.4 Å². The molecule has 0 fully saturated rings. The third-order valence-electron chi connectivity index (χ3n) is 32.2. The summed E-state index contributed by atoms with van der Waals surface area (Å²) in [4.78, 5) is 9.88. The molecule has 0 N–H and O–H groups in total. The first-order valence-corrected chi connectivity index (χ1v) is 50.4. The van der Waals surface area contributed by atoms with Crippen molar-refractivity contribution in [1.29, 1.82) is 0 Å². The van der Waals surface area contributed by atoms with E-state index in [-0.39, 0.29) is 10.8 Å². The third kappa shape index (κ3) is 12.7. The Bertz CT molecular complexity index is 8920. The molecule has 0 aliphatic heterocycles. The van der Waals surface area contributed by atoms with Gasteiger partial charge in [-0.2, -0.15) is 0 Å². The lowest BCUT2D eigenvalue weighted by atomic mass is 9.70. The van der Waals surface area contributed by atoms with Crippen LogP contribution in [0.25, 0.3) is 122 Å². The summed E-state index contributed by atoms with van der Waals surface area (Å²) in [6.07, 6.45) is 0. The maximum absolute atomic E-state index is 2.54. The monoisotopic (exact) mass is 1830 g/mol. The molecule has 0 bridgehead atoms. The Morgan fingerprint density at radius 3 is 0.743 bits per heavy atom. The summed E-state index contributed by atoms with van der Waals surface area (Å²) >= 11 is 0. The van der Waals surface area contributed by atoms with Gasteiger partial charge in [0, 0.05) is 79.0 Å². The van der Waals surface area contributed by atoms with Crippen molar-refractivity contribution >= 4 is 68.2 Å². The summed E-state index contributed by atoms with van der Waals surface area (Å²) < 4.78 is 0. The number of rotatable bonds is 17. The van der Waals surface area contributed by atoms with E-state index in [0.717, 1.165) is 124 Å². The summed E-state index contributed by atoms with van der Waals surface area (Å²) in [6.45, 7) is 9.61. The largest absolute Gasteiger partial charge is 0.310 e. The Hall–Kier alpha value is -18.0. The van der Waals surface area contributed by atoms with Gasteiger partial charge < -0.3 is 19.6 Å². The predicted molar refractivity (Wildman–Crippen MR) is 600 cm³/mol. The fraction of sp³-hybridized carbons (Fsp3) is 0.0571. The van der Waals surface area contributed by atoms with E-state index in [0.29, 0.717) is 0 Å². The normalized spacial score (nSPS) is 15.1. The smallest absolute Gasteiger partial charge is 0.0726 e. The van der Waals surface area contributed by atoms with Crippen LogP contribution in [0.2, 0.25) is 0 Å². The number of anilines is 12. The molecule has 678 valence electrons. The molecule has 2 atom stereocenters. The molecule has 6 aliphatic rings. The third-order valence-corrected chi connectivity index (χ3v) is 32.2. The molecule has 2 unspecified atom stereocenters. The van der Waals surface area contributed by atoms with Crippen LogP contribution in [0, 0.1) is 0 Å². The van der Waals surface area contributed by atoms with E-state index >= 15 is 0 Å². The minimum Gasteiger partial charge on any atom is -0.310 e. The molecule has 22 aromatic carbocycles. The highest BCUT2D eigenvalue weighted by Gasteiger charge is 2.57. The molecule has 0 radical (unpaired) electrons. The molecule has 2 spiro atoms. The molecule has 6 aliphatic carbocycles. The Morgan fingerprint density at radius 2 is 0.361 bits per heavy atom. The topological polar surface area (TPSA) is 13.0 Å². The van der Waals surface area contributed by atoms with Gasteiger partial charge in [0.15, 0.2) is 0 Å². The van der Waals surface area contributed by atoms with Crippen molar-refractivity contribution in [3.63, 3.8) is 0 Å². The fourth-order valence-electron chi connectivity index (χ4n) is 25.9. The molecule has 28 rings (SSSR count). The number of benzene rings is 22. The van der Waals surface area contributed by atoms with Crippen molar-refractivity contribution in [1.82, 2.24) is 0 Å². The minimum atomic E-state index is -0.622. The van der Waals surface area contributed by atoms with Crippen LogP contribution in [0.1, 0.15) is 94.5 Å². The van der Waals surface area contributed by atoms with Gasteiger partial charge in [0.25, 0.3) is 0 Å². The second kappa shape index (κ2) is 32.8. The van der Waals surface area contributed by atoms with Crippen LogP contribution >= 0.6 is 0 Å². The average molecular weight is 1840 g/mol. The lowest BCUT2D eigenvalue weighted by Crippen LogP contribution is -2.26.